The van der Waals surface area contributed by atoms with Crippen molar-refractivity contribution < 1.29 is 0 Å². The minimum atomic E-state index is -0.114. The Bertz CT molecular complexity index is 606. The van der Waals surface area contributed by atoms with Crippen LogP contribution >= 0.6 is 27.3 Å². The maximum absolute atomic E-state index is 11.8. The summed E-state index contributed by atoms with van der Waals surface area (Å²) in [6, 6.07) is 0. The Labute approximate surface area is 118 Å². The Balaban J connectivity index is 2.31. The molecule has 2 aromatic rings. The zero-order valence-corrected chi connectivity index (χ0v) is 12.7. The molecular formula is C12H14BrN3OS. The van der Waals surface area contributed by atoms with Gasteiger partial charge in [-0.2, -0.15) is 0 Å². The van der Waals surface area contributed by atoms with Crippen molar-refractivity contribution >= 4 is 27.3 Å². The lowest BCUT2D eigenvalue weighted by atomic mass is 10.2. The first-order valence-corrected chi connectivity index (χ1v) is 7.46. The zero-order chi connectivity index (χ0) is 13.1. The topological polar surface area (TPSA) is 58.6 Å². The molecule has 6 heteroatoms. The largest absolute Gasteiger partial charge is 0.309 e. The molecule has 2 aromatic heterocycles. The minimum absolute atomic E-state index is 0.114. The Kier molecular flexibility index (Phi) is 4.29. The van der Waals surface area contributed by atoms with Gasteiger partial charge in [0, 0.05) is 11.1 Å². The van der Waals surface area contributed by atoms with Gasteiger partial charge in [0.1, 0.15) is 15.3 Å². The van der Waals surface area contributed by atoms with Crippen LogP contribution in [-0.4, -0.2) is 15.0 Å². The van der Waals surface area contributed by atoms with Crippen LogP contribution in [0.4, 0.5) is 0 Å². The molecule has 0 spiro atoms. The zero-order valence-electron chi connectivity index (χ0n) is 10.3. The van der Waals surface area contributed by atoms with E-state index < -0.39 is 0 Å². The first-order chi connectivity index (χ1) is 8.60. The number of aromatic nitrogens is 3. The fraction of sp³-hybridized carbons (Fsp3) is 0.417. The van der Waals surface area contributed by atoms with Crippen LogP contribution in [0.25, 0.3) is 0 Å². The molecule has 2 rings (SSSR count). The highest BCUT2D eigenvalue weighted by atomic mass is 79.9. The Morgan fingerprint density at radius 1 is 1.44 bits per heavy atom. The van der Waals surface area contributed by atoms with Crippen LogP contribution in [0.1, 0.15) is 35.6 Å². The lowest BCUT2D eigenvalue weighted by molar-refractivity contribution is 0.821. The third-order valence-corrected chi connectivity index (χ3v) is 4.24. The van der Waals surface area contributed by atoms with Gasteiger partial charge in [0.25, 0.3) is 5.56 Å². The van der Waals surface area contributed by atoms with Crippen molar-refractivity contribution in [2.24, 2.45) is 0 Å². The third kappa shape index (κ3) is 3.05. The van der Waals surface area contributed by atoms with E-state index in [1.165, 1.54) is 0 Å². The molecule has 96 valence electrons. The average Bonchev–Trinajstić information content (AvgIpc) is 2.71. The quantitative estimate of drug-likeness (QED) is 0.939. The maximum Gasteiger partial charge on any atom is 0.265 e. The number of nitrogens with zero attached hydrogens (tertiary/aromatic N) is 2. The first kappa shape index (κ1) is 13.4. The Hall–Kier alpha value is -1.01. The standard InChI is InChI=1S/C12H14BrN3OS/c1-3-4-8-11(13)12(17)16-9(15-8)5-10-14-7(2)6-18-10/h6H,3-5H2,1-2H3,(H,15,16,17). The summed E-state index contributed by atoms with van der Waals surface area (Å²) >= 11 is 4.87. The molecule has 0 unspecified atom stereocenters. The summed E-state index contributed by atoms with van der Waals surface area (Å²) in [5.74, 6) is 0.681. The Morgan fingerprint density at radius 3 is 2.83 bits per heavy atom. The van der Waals surface area contributed by atoms with Gasteiger partial charge in [-0.1, -0.05) is 13.3 Å². The van der Waals surface area contributed by atoms with Crippen molar-refractivity contribution in [3.8, 4) is 0 Å². The van der Waals surface area contributed by atoms with Gasteiger partial charge in [-0.05, 0) is 29.3 Å². The molecule has 0 aromatic carbocycles. The van der Waals surface area contributed by atoms with E-state index in [1.54, 1.807) is 11.3 Å². The van der Waals surface area contributed by atoms with Crippen molar-refractivity contribution in [1.82, 2.24) is 15.0 Å². The van der Waals surface area contributed by atoms with Gasteiger partial charge in [-0.25, -0.2) is 9.97 Å². The molecule has 0 saturated heterocycles. The molecule has 4 nitrogen and oxygen atoms in total. The predicted molar refractivity (Wildman–Crippen MR) is 76.2 cm³/mol. The number of thiazole rings is 1. The van der Waals surface area contributed by atoms with E-state index >= 15 is 0 Å². The summed E-state index contributed by atoms with van der Waals surface area (Å²) in [4.78, 5) is 23.4. The molecule has 0 aliphatic heterocycles. The van der Waals surface area contributed by atoms with E-state index in [1.807, 2.05) is 12.3 Å². The molecule has 0 amide bonds. The molecular weight excluding hydrogens is 314 g/mol. The van der Waals surface area contributed by atoms with Gasteiger partial charge >= 0.3 is 0 Å². The maximum atomic E-state index is 11.8. The molecule has 0 aliphatic rings. The summed E-state index contributed by atoms with van der Waals surface area (Å²) in [5, 5.41) is 2.97. The van der Waals surface area contributed by atoms with Crippen LogP contribution < -0.4 is 5.56 Å². The lowest BCUT2D eigenvalue weighted by Gasteiger charge is -2.04. The highest BCUT2D eigenvalue weighted by molar-refractivity contribution is 9.10. The van der Waals surface area contributed by atoms with Crippen molar-refractivity contribution in [3.05, 3.63) is 42.4 Å². The van der Waals surface area contributed by atoms with E-state index in [-0.39, 0.29) is 5.56 Å². The van der Waals surface area contributed by atoms with Crippen LogP contribution in [-0.2, 0) is 12.8 Å². The molecule has 0 atom stereocenters. The van der Waals surface area contributed by atoms with Gasteiger partial charge in [0.05, 0.1) is 12.1 Å². The number of aromatic amines is 1. The smallest absolute Gasteiger partial charge is 0.265 e. The van der Waals surface area contributed by atoms with Crippen molar-refractivity contribution in [3.63, 3.8) is 0 Å². The second-order valence-electron chi connectivity index (χ2n) is 4.08. The fourth-order valence-electron chi connectivity index (χ4n) is 1.67. The van der Waals surface area contributed by atoms with Gasteiger partial charge in [-0.3, -0.25) is 4.79 Å². The van der Waals surface area contributed by atoms with Crippen LogP contribution in [0.15, 0.2) is 14.6 Å². The molecule has 0 bridgehead atoms. The number of hydrogen-bond acceptors (Lipinski definition) is 4. The minimum Gasteiger partial charge on any atom is -0.309 e. The van der Waals surface area contributed by atoms with Crippen LogP contribution in [0.2, 0.25) is 0 Å². The van der Waals surface area contributed by atoms with E-state index in [9.17, 15) is 4.79 Å². The highest BCUT2D eigenvalue weighted by Crippen LogP contribution is 2.15. The average molecular weight is 328 g/mol. The van der Waals surface area contributed by atoms with Crippen molar-refractivity contribution in [1.29, 1.82) is 0 Å². The SMILES string of the molecule is CCCc1nc(Cc2nc(C)cs2)[nH]c(=O)c1Br. The lowest BCUT2D eigenvalue weighted by Crippen LogP contribution is -2.16. The van der Waals surface area contributed by atoms with Crippen molar-refractivity contribution in [2.45, 2.75) is 33.1 Å². The monoisotopic (exact) mass is 327 g/mol. The van der Waals surface area contributed by atoms with Crippen LogP contribution in [0, 0.1) is 6.92 Å². The number of hydrogen-bond donors (Lipinski definition) is 1. The number of aryl methyl sites for hydroxylation is 2. The van der Waals surface area contributed by atoms with Gasteiger partial charge in [0.15, 0.2) is 0 Å². The molecule has 0 fully saturated rings. The predicted octanol–water partition coefficient (Wildman–Crippen LogP) is 2.84. The summed E-state index contributed by atoms with van der Waals surface area (Å²) in [6.45, 7) is 4.03. The van der Waals surface area contributed by atoms with E-state index in [4.69, 9.17) is 0 Å². The van der Waals surface area contributed by atoms with Gasteiger partial charge < -0.3 is 4.98 Å². The molecule has 0 radical (unpaired) electrons. The molecule has 1 N–H and O–H groups in total. The van der Waals surface area contributed by atoms with E-state index in [2.05, 4.69) is 37.8 Å². The molecule has 18 heavy (non-hydrogen) atoms. The van der Waals surface area contributed by atoms with Crippen molar-refractivity contribution in [2.75, 3.05) is 0 Å². The van der Waals surface area contributed by atoms with Gasteiger partial charge in [0.2, 0.25) is 0 Å². The number of rotatable bonds is 4. The summed E-state index contributed by atoms with van der Waals surface area (Å²) in [5.41, 5.74) is 1.71. The van der Waals surface area contributed by atoms with E-state index in [0.717, 1.165) is 29.2 Å². The normalized spacial score (nSPS) is 10.8. The number of nitrogens with one attached hydrogen (secondary N) is 1. The van der Waals surface area contributed by atoms with E-state index in [0.29, 0.717) is 16.7 Å². The Morgan fingerprint density at radius 2 is 2.22 bits per heavy atom. The highest BCUT2D eigenvalue weighted by Gasteiger charge is 2.10. The number of H-pyrrole nitrogens is 1. The fourth-order valence-corrected chi connectivity index (χ4v) is 2.83. The first-order valence-electron chi connectivity index (χ1n) is 5.78. The summed E-state index contributed by atoms with van der Waals surface area (Å²) in [6.07, 6.45) is 2.34. The second kappa shape index (κ2) is 5.75. The summed E-state index contributed by atoms with van der Waals surface area (Å²) < 4.78 is 0.545. The van der Waals surface area contributed by atoms with Crippen LogP contribution in [0.5, 0.6) is 0 Å². The molecule has 0 aliphatic carbocycles. The third-order valence-electron chi connectivity index (χ3n) is 2.45. The number of halogens is 1. The van der Waals surface area contributed by atoms with Gasteiger partial charge in [-0.15, -0.1) is 11.3 Å². The van der Waals surface area contributed by atoms with Crippen LogP contribution in [0.3, 0.4) is 0 Å². The molecule has 0 saturated carbocycles. The second-order valence-corrected chi connectivity index (χ2v) is 5.82. The summed E-state index contributed by atoms with van der Waals surface area (Å²) in [7, 11) is 0. The molecule has 2 heterocycles.